The van der Waals surface area contributed by atoms with E-state index in [0.717, 1.165) is 32.0 Å². The Kier molecular flexibility index (Phi) is 4.57. The van der Waals surface area contributed by atoms with Gasteiger partial charge in [0.1, 0.15) is 0 Å². The molecular weight excluding hydrogens is 240 g/mol. The van der Waals surface area contributed by atoms with Crippen molar-refractivity contribution in [3.63, 3.8) is 0 Å². The molecule has 2 aromatic rings. The molecule has 0 saturated heterocycles. The van der Waals surface area contributed by atoms with Crippen LogP contribution in [-0.4, -0.2) is 40.0 Å². The number of imidazole rings is 1. The molecule has 0 amide bonds. The van der Waals surface area contributed by atoms with Gasteiger partial charge in [0.15, 0.2) is 0 Å². The van der Waals surface area contributed by atoms with E-state index >= 15 is 0 Å². The molecule has 0 spiro atoms. The van der Waals surface area contributed by atoms with Crippen LogP contribution >= 0.6 is 0 Å². The van der Waals surface area contributed by atoms with Gasteiger partial charge in [0.2, 0.25) is 5.95 Å². The predicted octanol–water partition coefficient (Wildman–Crippen LogP) is 0.862. The van der Waals surface area contributed by atoms with Crippen molar-refractivity contribution < 1.29 is 0 Å². The number of nitrogens with zero attached hydrogens (tertiary/aromatic N) is 5. The molecule has 0 unspecified atom stereocenters. The van der Waals surface area contributed by atoms with E-state index in [1.54, 1.807) is 0 Å². The topological polar surface area (TPSA) is 50.9 Å². The molecule has 19 heavy (non-hydrogen) atoms. The monoisotopic (exact) mass is 262 g/mol. The minimum Gasteiger partial charge on any atom is -0.348 e. The first-order valence-electron chi connectivity index (χ1n) is 6.54. The number of aromatic nitrogens is 4. The molecule has 6 nitrogen and oxygen atoms in total. The fourth-order valence-electron chi connectivity index (χ4n) is 2.03. The summed E-state index contributed by atoms with van der Waals surface area (Å²) in [6.07, 6.45) is 6.80. The minimum absolute atomic E-state index is 0.844. The molecule has 0 saturated carbocycles. The van der Waals surface area contributed by atoms with Gasteiger partial charge in [0.05, 0.1) is 11.9 Å². The lowest BCUT2D eigenvalue weighted by Crippen LogP contribution is -2.19. The molecule has 0 bridgehead atoms. The van der Waals surface area contributed by atoms with Gasteiger partial charge in [-0.05, 0) is 19.0 Å². The summed E-state index contributed by atoms with van der Waals surface area (Å²) in [5.41, 5.74) is 1.20. The number of anilines is 1. The van der Waals surface area contributed by atoms with Crippen LogP contribution in [0.2, 0.25) is 0 Å². The Morgan fingerprint density at radius 2 is 2.21 bits per heavy atom. The molecule has 0 atom stereocenters. The van der Waals surface area contributed by atoms with Crippen molar-refractivity contribution >= 4 is 5.95 Å². The van der Waals surface area contributed by atoms with E-state index in [9.17, 15) is 0 Å². The molecule has 2 rings (SSSR count). The first kappa shape index (κ1) is 13.6. The van der Waals surface area contributed by atoms with E-state index < -0.39 is 0 Å². The summed E-state index contributed by atoms with van der Waals surface area (Å²) in [6.45, 7) is 2.77. The highest BCUT2D eigenvalue weighted by Gasteiger charge is 2.06. The second-order valence-electron chi connectivity index (χ2n) is 4.80. The van der Waals surface area contributed by atoms with Crippen LogP contribution in [0.4, 0.5) is 5.95 Å². The van der Waals surface area contributed by atoms with Crippen LogP contribution in [0, 0.1) is 0 Å². The van der Waals surface area contributed by atoms with Crippen molar-refractivity contribution in [2.24, 2.45) is 7.05 Å². The lowest BCUT2D eigenvalue weighted by Gasteiger charge is -2.12. The standard InChI is InChI=1S/C13H22N6/c1-17(2)13-15-11-12(18(13)3)10-14-6-4-8-19-9-5-7-16-19/h5,7,9,11,14H,4,6,8,10H2,1-3H3. The average Bonchev–Trinajstić information content (AvgIpc) is 2.99. The normalized spacial score (nSPS) is 10.9. The first-order valence-corrected chi connectivity index (χ1v) is 6.54. The van der Waals surface area contributed by atoms with Gasteiger partial charge in [0, 0.05) is 46.6 Å². The molecule has 0 aromatic carbocycles. The van der Waals surface area contributed by atoms with Crippen LogP contribution in [0.25, 0.3) is 0 Å². The third-order valence-electron chi connectivity index (χ3n) is 3.07. The van der Waals surface area contributed by atoms with Gasteiger partial charge < -0.3 is 14.8 Å². The summed E-state index contributed by atoms with van der Waals surface area (Å²) >= 11 is 0. The van der Waals surface area contributed by atoms with Gasteiger partial charge in [-0.1, -0.05) is 0 Å². The van der Waals surface area contributed by atoms with Gasteiger partial charge in [-0.25, -0.2) is 4.98 Å². The molecule has 104 valence electrons. The van der Waals surface area contributed by atoms with E-state index in [2.05, 4.69) is 20.0 Å². The summed E-state index contributed by atoms with van der Waals surface area (Å²) in [4.78, 5) is 6.40. The minimum atomic E-state index is 0.844. The van der Waals surface area contributed by atoms with Crippen molar-refractivity contribution in [2.75, 3.05) is 25.5 Å². The highest BCUT2D eigenvalue weighted by atomic mass is 15.3. The Morgan fingerprint density at radius 3 is 2.84 bits per heavy atom. The highest BCUT2D eigenvalue weighted by Crippen LogP contribution is 2.10. The SMILES string of the molecule is CN(C)c1ncc(CNCCCn2cccn2)n1C. The molecule has 0 aliphatic carbocycles. The molecular formula is C13H22N6. The largest absolute Gasteiger partial charge is 0.348 e. The Bertz CT molecular complexity index is 485. The smallest absolute Gasteiger partial charge is 0.204 e. The molecule has 1 N–H and O–H groups in total. The predicted molar refractivity (Wildman–Crippen MR) is 76.1 cm³/mol. The summed E-state index contributed by atoms with van der Waals surface area (Å²) in [5, 5.41) is 7.61. The third-order valence-corrected chi connectivity index (χ3v) is 3.07. The quantitative estimate of drug-likeness (QED) is 0.752. The van der Waals surface area contributed by atoms with E-state index in [4.69, 9.17) is 0 Å². The van der Waals surface area contributed by atoms with Crippen molar-refractivity contribution in [2.45, 2.75) is 19.5 Å². The molecule has 6 heteroatoms. The van der Waals surface area contributed by atoms with Crippen molar-refractivity contribution in [3.05, 3.63) is 30.4 Å². The average molecular weight is 262 g/mol. The van der Waals surface area contributed by atoms with E-state index in [1.807, 2.05) is 55.4 Å². The number of hydrogen-bond acceptors (Lipinski definition) is 4. The van der Waals surface area contributed by atoms with Crippen LogP contribution in [0.15, 0.2) is 24.7 Å². The van der Waals surface area contributed by atoms with Crippen molar-refractivity contribution in [1.82, 2.24) is 24.6 Å². The van der Waals surface area contributed by atoms with Crippen molar-refractivity contribution in [1.29, 1.82) is 0 Å². The van der Waals surface area contributed by atoms with Crippen LogP contribution in [0.3, 0.4) is 0 Å². The van der Waals surface area contributed by atoms with Crippen LogP contribution in [-0.2, 0) is 20.1 Å². The van der Waals surface area contributed by atoms with Crippen LogP contribution in [0.1, 0.15) is 12.1 Å². The second-order valence-corrected chi connectivity index (χ2v) is 4.80. The summed E-state index contributed by atoms with van der Waals surface area (Å²) in [6, 6.07) is 1.95. The maximum Gasteiger partial charge on any atom is 0.204 e. The first-order chi connectivity index (χ1) is 9.18. The van der Waals surface area contributed by atoms with E-state index in [0.29, 0.717) is 0 Å². The van der Waals surface area contributed by atoms with Gasteiger partial charge in [-0.3, -0.25) is 4.68 Å². The summed E-state index contributed by atoms with van der Waals surface area (Å²) < 4.78 is 4.07. The fraction of sp³-hybridized carbons (Fsp3) is 0.538. The Balaban J connectivity index is 1.71. The number of nitrogens with one attached hydrogen (secondary N) is 1. The van der Waals surface area contributed by atoms with Gasteiger partial charge in [-0.15, -0.1) is 0 Å². The Hall–Kier alpha value is -1.82. The van der Waals surface area contributed by atoms with Gasteiger partial charge >= 0.3 is 0 Å². The van der Waals surface area contributed by atoms with E-state index in [-0.39, 0.29) is 0 Å². The third kappa shape index (κ3) is 3.57. The van der Waals surface area contributed by atoms with Crippen LogP contribution < -0.4 is 10.2 Å². The number of hydrogen-bond donors (Lipinski definition) is 1. The number of aryl methyl sites for hydroxylation is 1. The Morgan fingerprint density at radius 1 is 1.37 bits per heavy atom. The van der Waals surface area contributed by atoms with Crippen molar-refractivity contribution in [3.8, 4) is 0 Å². The van der Waals surface area contributed by atoms with Gasteiger partial charge in [-0.2, -0.15) is 5.10 Å². The summed E-state index contributed by atoms with van der Waals surface area (Å²) in [7, 11) is 6.05. The molecule has 0 fully saturated rings. The maximum absolute atomic E-state index is 4.39. The zero-order chi connectivity index (χ0) is 13.7. The lowest BCUT2D eigenvalue weighted by molar-refractivity contribution is 0.538. The van der Waals surface area contributed by atoms with Crippen LogP contribution in [0.5, 0.6) is 0 Å². The molecule has 0 aliphatic rings. The Labute approximate surface area is 114 Å². The molecule has 0 radical (unpaired) electrons. The zero-order valence-corrected chi connectivity index (χ0v) is 11.9. The summed E-state index contributed by atoms with van der Waals surface area (Å²) in [5.74, 6) is 0.980. The molecule has 2 heterocycles. The van der Waals surface area contributed by atoms with Gasteiger partial charge in [0.25, 0.3) is 0 Å². The lowest BCUT2D eigenvalue weighted by atomic mass is 10.4. The maximum atomic E-state index is 4.39. The number of rotatable bonds is 7. The second kappa shape index (κ2) is 6.38. The molecule has 0 aliphatic heterocycles. The highest BCUT2D eigenvalue weighted by molar-refractivity contribution is 5.30. The molecule has 2 aromatic heterocycles. The fourth-order valence-corrected chi connectivity index (χ4v) is 2.03. The zero-order valence-electron chi connectivity index (χ0n) is 11.9. The van der Waals surface area contributed by atoms with E-state index in [1.165, 1.54) is 5.69 Å².